The zero-order chi connectivity index (χ0) is 14.0. The molecule has 1 aliphatic heterocycles. The normalized spacial score (nSPS) is 16.0. The molecule has 1 aliphatic rings. The summed E-state index contributed by atoms with van der Waals surface area (Å²) in [5.74, 6) is -0.220. The van der Waals surface area contributed by atoms with Crippen LogP contribution in [0.15, 0.2) is 24.3 Å². The van der Waals surface area contributed by atoms with Crippen molar-refractivity contribution in [1.82, 2.24) is 10.2 Å². The SMILES string of the molecule is CCN(C(=O)c1ccc(C(F)(F)F)cc1)C1CNC1. The van der Waals surface area contributed by atoms with Gasteiger partial charge in [-0.15, -0.1) is 0 Å². The van der Waals surface area contributed by atoms with E-state index in [9.17, 15) is 18.0 Å². The maximum atomic E-state index is 12.4. The molecule has 1 aromatic rings. The number of carbonyl (C=O) groups is 1. The Balaban J connectivity index is 2.14. The van der Waals surface area contributed by atoms with Gasteiger partial charge in [0.05, 0.1) is 11.6 Å². The van der Waals surface area contributed by atoms with E-state index in [2.05, 4.69) is 5.32 Å². The molecule has 1 aromatic carbocycles. The van der Waals surface area contributed by atoms with E-state index in [-0.39, 0.29) is 11.9 Å². The number of nitrogens with zero attached hydrogens (tertiary/aromatic N) is 1. The van der Waals surface area contributed by atoms with E-state index in [1.54, 1.807) is 4.90 Å². The van der Waals surface area contributed by atoms with Gasteiger partial charge in [-0.05, 0) is 31.2 Å². The molecule has 1 N–H and O–H groups in total. The Morgan fingerprint density at radius 2 is 1.89 bits per heavy atom. The highest BCUT2D eigenvalue weighted by molar-refractivity contribution is 5.94. The number of carbonyl (C=O) groups excluding carboxylic acids is 1. The molecule has 0 atom stereocenters. The van der Waals surface area contributed by atoms with E-state index in [4.69, 9.17) is 0 Å². The molecule has 0 aromatic heterocycles. The Kier molecular flexibility index (Phi) is 3.80. The second kappa shape index (κ2) is 5.21. The van der Waals surface area contributed by atoms with Gasteiger partial charge in [-0.2, -0.15) is 13.2 Å². The first-order valence-corrected chi connectivity index (χ1v) is 6.12. The molecular weight excluding hydrogens is 257 g/mol. The highest BCUT2D eigenvalue weighted by Gasteiger charge is 2.31. The van der Waals surface area contributed by atoms with Gasteiger partial charge in [-0.3, -0.25) is 4.79 Å². The average molecular weight is 272 g/mol. The summed E-state index contributed by atoms with van der Waals surface area (Å²) in [7, 11) is 0. The summed E-state index contributed by atoms with van der Waals surface area (Å²) in [6.45, 7) is 3.88. The molecule has 0 saturated carbocycles. The molecule has 0 unspecified atom stereocenters. The highest BCUT2D eigenvalue weighted by atomic mass is 19.4. The summed E-state index contributed by atoms with van der Waals surface area (Å²) >= 11 is 0. The molecule has 104 valence electrons. The van der Waals surface area contributed by atoms with E-state index in [1.165, 1.54) is 12.1 Å². The summed E-state index contributed by atoms with van der Waals surface area (Å²) < 4.78 is 37.3. The number of likely N-dealkylation sites (N-methyl/N-ethyl adjacent to an activating group) is 1. The highest BCUT2D eigenvalue weighted by Crippen LogP contribution is 2.29. The Morgan fingerprint density at radius 3 is 2.26 bits per heavy atom. The number of alkyl halides is 3. The summed E-state index contributed by atoms with van der Waals surface area (Å²) in [6.07, 6.45) is -4.37. The number of rotatable bonds is 3. The van der Waals surface area contributed by atoms with Crippen molar-refractivity contribution in [1.29, 1.82) is 0 Å². The van der Waals surface area contributed by atoms with Crippen LogP contribution in [0.1, 0.15) is 22.8 Å². The summed E-state index contributed by atoms with van der Waals surface area (Å²) in [5.41, 5.74) is -0.445. The third kappa shape index (κ3) is 2.89. The number of hydrogen-bond acceptors (Lipinski definition) is 2. The molecule has 1 heterocycles. The molecule has 0 bridgehead atoms. The van der Waals surface area contributed by atoms with Gasteiger partial charge in [0.2, 0.25) is 0 Å². The Hall–Kier alpha value is -1.56. The van der Waals surface area contributed by atoms with Crippen LogP contribution in [-0.2, 0) is 6.18 Å². The lowest BCUT2D eigenvalue weighted by atomic mass is 10.1. The second-order valence-corrected chi connectivity index (χ2v) is 4.48. The molecule has 19 heavy (non-hydrogen) atoms. The molecule has 3 nitrogen and oxygen atoms in total. The Bertz CT molecular complexity index is 452. The lowest BCUT2D eigenvalue weighted by Crippen LogP contribution is -2.58. The standard InChI is InChI=1S/C13H15F3N2O/c1-2-18(11-7-17-8-11)12(19)9-3-5-10(6-4-9)13(14,15)16/h3-6,11,17H,2,7-8H2,1H3. The van der Waals surface area contributed by atoms with Crippen molar-refractivity contribution in [2.24, 2.45) is 0 Å². The van der Waals surface area contributed by atoms with E-state index < -0.39 is 11.7 Å². The number of amides is 1. The molecule has 0 aliphatic carbocycles. The molecule has 1 fully saturated rings. The van der Waals surface area contributed by atoms with Gasteiger partial charge in [0, 0.05) is 25.2 Å². The minimum Gasteiger partial charge on any atom is -0.333 e. The van der Waals surface area contributed by atoms with Crippen molar-refractivity contribution in [3.05, 3.63) is 35.4 Å². The zero-order valence-corrected chi connectivity index (χ0v) is 10.5. The van der Waals surface area contributed by atoms with Crippen molar-refractivity contribution in [3.63, 3.8) is 0 Å². The van der Waals surface area contributed by atoms with Gasteiger partial charge in [0.1, 0.15) is 0 Å². The fourth-order valence-electron chi connectivity index (χ4n) is 2.03. The third-order valence-electron chi connectivity index (χ3n) is 3.26. The van der Waals surface area contributed by atoms with Gasteiger partial charge in [0.25, 0.3) is 5.91 Å². The van der Waals surface area contributed by atoms with Crippen LogP contribution in [-0.4, -0.2) is 36.5 Å². The van der Waals surface area contributed by atoms with Crippen LogP contribution in [0.25, 0.3) is 0 Å². The molecule has 6 heteroatoms. The first-order chi connectivity index (χ1) is 8.93. The van der Waals surface area contributed by atoms with Gasteiger partial charge >= 0.3 is 6.18 Å². The summed E-state index contributed by atoms with van der Waals surface area (Å²) in [5, 5.41) is 3.07. The van der Waals surface area contributed by atoms with Gasteiger partial charge in [-0.25, -0.2) is 0 Å². The topological polar surface area (TPSA) is 32.3 Å². The molecule has 0 spiro atoms. The van der Waals surface area contributed by atoms with E-state index in [1.807, 2.05) is 6.92 Å². The molecule has 1 amide bonds. The van der Waals surface area contributed by atoms with Gasteiger partial charge in [-0.1, -0.05) is 0 Å². The van der Waals surface area contributed by atoms with Crippen LogP contribution in [0, 0.1) is 0 Å². The number of hydrogen-bond donors (Lipinski definition) is 1. The molecular formula is C13H15F3N2O. The monoisotopic (exact) mass is 272 g/mol. The minimum absolute atomic E-state index is 0.139. The quantitative estimate of drug-likeness (QED) is 0.914. The minimum atomic E-state index is -4.37. The largest absolute Gasteiger partial charge is 0.416 e. The number of halogens is 3. The lowest BCUT2D eigenvalue weighted by Gasteiger charge is -2.37. The first kappa shape index (κ1) is 13.9. The van der Waals surface area contributed by atoms with Gasteiger partial charge < -0.3 is 10.2 Å². The predicted octanol–water partition coefficient (Wildman–Crippen LogP) is 2.14. The number of nitrogens with one attached hydrogen (secondary N) is 1. The molecule has 1 saturated heterocycles. The van der Waals surface area contributed by atoms with Crippen LogP contribution >= 0.6 is 0 Å². The maximum Gasteiger partial charge on any atom is 0.416 e. The predicted molar refractivity (Wildman–Crippen MR) is 64.8 cm³/mol. The van der Waals surface area contributed by atoms with Crippen molar-refractivity contribution in [2.75, 3.05) is 19.6 Å². The van der Waals surface area contributed by atoms with Crippen LogP contribution in [0.2, 0.25) is 0 Å². The zero-order valence-electron chi connectivity index (χ0n) is 10.5. The van der Waals surface area contributed by atoms with E-state index >= 15 is 0 Å². The number of benzene rings is 1. The fraction of sp³-hybridized carbons (Fsp3) is 0.462. The fourth-order valence-corrected chi connectivity index (χ4v) is 2.03. The van der Waals surface area contributed by atoms with Crippen LogP contribution in [0.5, 0.6) is 0 Å². The van der Waals surface area contributed by atoms with Crippen LogP contribution < -0.4 is 5.32 Å². The van der Waals surface area contributed by atoms with E-state index in [0.29, 0.717) is 12.1 Å². The first-order valence-electron chi connectivity index (χ1n) is 6.12. The van der Waals surface area contributed by atoms with Crippen molar-refractivity contribution in [2.45, 2.75) is 19.1 Å². The molecule has 0 radical (unpaired) electrons. The Morgan fingerprint density at radius 1 is 1.32 bits per heavy atom. The van der Waals surface area contributed by atoms with Crippen molar-refractivity contribution in [3.8, 4) is 0 Å². The molecule has 2 rings (SSSR count). The maximum absolute atomic E-state index is 12.4. The van der Waals surface area contributed by atoms with Gasteiger partial charge in [0.15, 0.2) is 0 Å². The second-order valence-electron chi connectivity index (χ2n) is 4.48. The van der Waals surface area contributed by atoms with Crippen molar-refractivity contribution < 1.29 is 18.0 Å². The average Bonchev–Trinajstić information content (AvgIpc) is 2.31. The summed E-state index contributed by atoms with van der Waals surface area (Å²) in [6, 6.07) is 4.50. The van der Waals surface area contributed by atoms with E-state index in [0.717, 1.165) is 25.2 Å². The Labute approximate surface area is 109 Å². The summed E-state index contributed by atoms with van der Waals surface area (Å²) in [4.78, 5) is 13.9. The third-order valence-corrected chi connectivity index (χ3v) is 3.26. The van der Waals surface area contributed by atoms with Crippen molar-refractivity contribution >= 4 is 5.91 Å². The van der Waals surface area contributed by atoms with Crippen LogP contribution in [0.4, 0.5) is 13.2 Å². The lowest BCUT2D eigenvalue weighted by molar-refractivity contribution is -0.137. The van der Waals surface area contributed by atoms with Crippen LogP contribution in [0.3, 0.4) is 0 Å². The smallest absolute Gasteiger partial charge is 0.333 e.